The summed E-state index contributed by atoms with van der Waals surface area (Å²) in [6, 6.07) is -1.18. The van der Waals surface area contributed by atoms with Crippen LogP contribution in [0.15, 0.2) is 0 Å². The quantitative estimate of drug-likeness (QED) is 0.0854. The molecule has 0 radical (unpaired) electrons. The topological polar surface area (TPSA) is 154 Å². The normalized spacial score (nSPS) is 12.1. The molecule has 0 spiro atoms. The fraction of sp³-hybridized carbons (Fsp3) is 0.840. The van der Waals surface area contributed by atoms with Crippen molar-refractivity contribution in [2.24, 2.45) is 11.5 Å². The number of unbranched alkanes of at least 4 members (excludes halogenated alkanes) is 9. The first kappa shape index (κ1) is 37.0. The number of carbonyl (C=O) groups excluding carboxylic acids is 4. The smallest absolute Gasteiger partial charge is 0.237 e. The summed E-state index contributed by atoms with van der Waals surface area (Å²) in [4.78, 5) is 45.2. The van der Waals surface area contributed by atoms with Gasteiger partial charge in [-0.05, 0) is 32.6 Å². The maximum atomic E-state index is 12.0. The molecule has 0 fully saturated rings. The molecule has 0 aromatic rings. The number of hydrogen-bond acceptors (Lipinski definition) is 9. The van der Waals surface area contributed by atoms with Crippen LogP contribution in [-0.2, 0) is 23.9 Å². The molecule has 2 unspecified atom stereocenters. The van der Waals surface area contributed by atoms with Crippen molar-refractivity contribution in [3.63, 3.8) is 0 Å². The molecule has 36 heavy (non-hydrogen) atoms. The van der Waals surface area contributed by atoms with Crippen LogP contribution < -0.4 is 22.1 Å². The summed E-state index contributed by atoms with van der Waals surface area (Å²) >= 11 is 0. The van der Waals surface area contributed by atoms with Crippen molar-refractivity contribution >= 4 is 45.5 Å². The van der Waals surface area contributed by atoms with E-state index in [2.05, 4.69) is 15.4 Å². The Labute approximate surface area is 226 Å². The molecule has 0 saturated heterocycles. The van der Waals surface area contributed by atoms with E-state index in [-0.39, 0.29) is 17.6 Å². The summed E-state index contributed by atoms with van der Waals surface area (Å²) in [5, 5.41) is 5.72. The van der Waals surface area contributed by atoms with Gasteiger partial charge in [0.25, 0.3) is 0 Å². The van der Waals surface area contributed by atoms with Gasteiger partial charge < -0.3 is 36.4 Å². The second kappa shape index (κ2) is 28.4. The highest BCUT2D eigenvalue weighted by molar-refractivity contribution is 8.76. The van der Waals surface area contributed by atoms with Gasteiger partial charge in [0, 0.05) is 51.7 Å². The molecule has 212 valence electrons. The highest BCUT2D eigenvalue weighted by Crippen LogP contribution is 2.22. The van der Waals surface area contributed by atoms with Gasteiger partial charge >= 0.3 is 0 Å². The molecule has 2 amide bonds. The predicted octanol–water partition coefficient (Wildman–Crippen LogP) is 2.99. The van der Waals surface area contributed by atoms with E-state index in [1.807, 2.05) is 0 Å². The number of hydrogen-bond donors (Lipinski definition) is 4. The highest BCUT2D eigenvalue weighted by atomic mass is 33.1. The molecule has 11 heteroatoms. The summed E-state index contributed by atoms with van der Waals surface area (Å²) < 4.78 is 4.25. The Bertz CT molecular complexity index is 571. The summed E-state index contributed by atoms with van der Waals surface area (Å²) in [6.07, 6.45) is 12.2. The van der Waals surface area contributed by atoms with Gasteiger partial charge in [-0.2, -0.15) is 0 Å². The molecule has 0 aromatic heterocycles. The fourth-order valence-corrected chi connectivity index (χ4v) is 5.24. The van der Waals surface area contributed by atoms with Crippen LogP contribution >= 0.6 is 21.6 Å². The SMILES string of the molecule is CC(=O)CCCCCCCNC(=O)C(N)CSSCC(N)C(=O)NCCCCCCCC=O.COC. The lowest BCUT2D eigenvalue weighted by Gasteiger charge is -2.13. The number of ketones is 1. The van der Waals surface area contributed by atoms with E-state index >= 15 is 0 Å². The predicted molar refractivity (Wildman–Crippen MR) is 152 cm³/mol. The molecule has 0 aliphatic carbocycles. The van der Waals surface area contributed by atoms with Crippen LogP contribution in [0, 0.1) is 0 Å². The van der Waals surface area contributed by atoms with Crippen molar-refractivity contribution < 1.29 is 23.9 Å². The van der Waals surface area contributed by atoms with Crippen molar-refractivity contribution in [2.45, 2.75) is 96.1 Å². The molecule has 0 aliphatic rings. The van der Waals surface area contributed by atoms with E-state index in [1.165, 1.54) is 21.6 Å². The Morgan fingerprint density at radius 3 is 1.56 bits per heavy atom. The number of aldehydes is 1. The molecule has 9 nitrogen and oxygen atoms in total. The number of nitrogens with one attached hydrogen (secondary N) is 2. The Kier molecular flexibility index (Phi) is 29.2. The number of carbonyl (C=O) groups is 4. The highest BCUT2D eigenvalue weighted by Gasteiger charge is 2.16. The van der Waals surface area contributed by atoms with Crippen molar-refractivity contribution in [2.75, 3.05) is 38.8 Å². The first-order valence-electron chi connectivity index (χ1n) is 12.9. The number of Topliss-reactive ketones (excluding diaryl/α,β-unsaturated/α-hetero) is 1. The maximum Gasteiger partial charge on any atom is 0.237 e. The van der Waals surface area contributed by atoms with Crippen LogP contribution in [0.25, 0.3) is 0 Å². The Balaban J connectivity index is 0. The third-order valence-electron chi connectivity index (χ3n) is 5.05. The van der Waals surface area contributed by atoms with Gasteiger partial charge in [-0.15, -0.1) is 0 Å². The van der Waals surface area contributed by atoms with Gasteiger partial charge in [0.15, 0.2) is 0 Å². The summed E-state index contributed by atoms with van der Waals surface area (Å²) in [6.45, 7) is 2.84. The van der Waals surface area contributed by atoms with Crippen molar-refractivity contribution in [3.8, 4) is 0 Å². The van der Waals surface area contributed by atoms with Crippen molar-refractivity contribution in [1.29, 1.82) is 0 Å². The van der Waals surface area contributed by atoms with Crippen LogP contribution in [0.1, 0.15) is 84.0 Å². The van der Waals surface area contributed by atoms with E-state index in [9.17, 15) is 19.2 Å². The zero-order chi connectivity index (χ0) is 27.4. The van der Waals surface area contributed by atoms with E-state index in [4.69, 9.17) is 11.5 Å². The lowest BCUT2D eigenvalue weighted by atomic mass is 10.1. The minimum absolute atomic E-state index is 0.159. The van der Waals surface area contributed by atoms with Crippen LogP contribution in [0.3, 0.4) is 0 Å². The molecule has 0 bridgehead atoms. The van der Waals surface area contributed by atoms with Gasteiger partial charge in [-0.25, -0.2) is 0 Å². The second-order valence-corrected chi connectivity index (χ2v) is 11.3. The minimum Gasteiger partial charge on any atom is -0.388 e. The van der Waals surface area contributed by atoms with Crippen molar-refractivity contribution in [3.05, 3.63) is 0 Å². The van der Waals surface area contributed by atoms with Crippen LogP contribution in [0.5, 0.6) is 0 Å². The van der Waals surface area contributed by atoms with Crippen LogP contribution in [0.2, 0.25) is 0 Å². The van der Waals surface area contributed by atoms with Gasteiger partial charge in [-0.3, -0.25) is 9.59 Å². The Morgan fingerprint density at radius 1 is 0.750 bits per heavy atom. The molecule has 0 saturated carbocycles. The maximum absolute atomic E-state index is 12.0. The summed E-state index contributed by atoms with van der Waals surface area (Å²) in [7, 11) is 6.15. The molecular formula is C25H50N4O5S2. The van der Waals surface area contributed by atoms with Gasteiger partial charge in [0.2, 0.25) is 11.8 Å². The van der Waals surface area contributed by atoms with E-state index in [0.717, 1.165) is 70.5 Å². The van der Waals surface area contributed by atoms with Gasteiger partial charge in [0.05, 0.1) is 12.1 Å². The third-order valence-corrected chi connectivity index (χ3v) is 7.53. The number of rotatable bonds is 23. The number of nitrogens with two attached hydrogens (primary N) is 2. The van der Waals surface area contributed by atoms with E-state index < -0.39 is 12.1 Å². The fourth-order valence-electron chi connectivity index (χ4n) is 2.99. The monoisotopic (exact) mass is 550 g/mol. The summed E-state index contributed by atoms with van der Waals surface area (Å²) in [5.74, 6) is 0.837. The Hall–Kier alpha value is -1.14. The average molecular weight is 551 g/mol. The second-order valence-electron chi connectivity index (χ2n) is 8.72. The lowest BCUT2D eigenvalue weighted by molar-refractivity contribution is -0.122. The number of ether oxygens (including phenoxy) is 1. The molecule has 2 atom stereocenters. The molecule has 0 rings (SSSR count). The summed E-state index contributed by atoms with van der Waals surface area (Å²) in [5.41, 5.74) is 11.9. The molecular weight excluding hydrogens is 500 g/mol. The average Bonchev–Trinajstić information content (AvgIpc) is 2.84. The zero-order valence-electron chi connectivity index (χ0n) is 22.6. The van der Waals surface area contributed by atoms with Crippen molar-refractivity contribution in [1.82, 2.24) is 10.6 Å². The molecule has 0 aliphatic heterocycles. The van der Waals surface area contributed by atoms with Gasteiger partial charge in [-0.1, -0.05) is 60.1 Å². The zero-order valence-corrected chi connectivity index (χ0v) is 24.2. The first-order chi connectivity index (χ1) is 17.3. The number of methoxy groups -OCH3 is 1. The minimum atomic E-state index is -0.588. The third kappa shape index (κ3) is 27.4. The lowest BCUT2D eigenvalue weighted by Crippen LogP contribution is -2.43. The largest absolute Gasteiger partial charge is 0.388 e. The van der Waals surface area contributed by atoms with E-state index in [1.54, 1.807) is 21.1 Å². The standard InChI is InChI=1S/C23H44N4O4S2.C2H6O/c1-19(29)13-9-5-4-7-11-15-27-23(31)21(25)18-33-32-17-20(24)22(30)26-14-10-6-2-3-8-12-16-28;1-3-2/h16,20-21H,2-15,17-18,24-25H2,1H3,(H,26,30)(H,27,31);1-2H3. The first-order valence-corrected chi connectivity index (χ1v) is 15.4. The molecule has 0 aromatic carbocycles. The van der Waals surface area contributed by atoms with Crippen LogP contribution in [-0.4, -0.2) is 74.8 Å². The van der Waals surface area contributed by atoms with Crippen LogP contribution in [0.4, 0.5) is 0 Å². The Morgan fingerprint density at radius 2 is 1.14 bits per heavy atom. The van der Waals surface area contributed by atoms with E-state index in [0.29, 0.717) is 37.4 Å². The van der Waals surface area contributed by atoms with Gasteiger partial charge in [0.1, 0.15) is 12.1 Å². The molecule has 6 N–H and O–H groups in total. The molecule has 0 heterocycles. The number of amides is 2.